The fourth-order valence-corrected chi connectivity index (χ4v) is 4.29. The van der Waals surface area contributed by atoms with Gasteiger partial charge in [0.25, 0.3) is 0 Å². The van der Waals surface area contributed by atoms with Gasteiger partial charge in [-0.3, -0.25) is 0 Å². The van der Waals surface area contributed by atoms with Crippen molar-refractivity contribution in [3.05, 3.63) is 72.3 Å². The lowest BCUT2D eigenvalue weighted by atomic mass is 10.1. The molecule has 124 valence electrons. The second kappa shape index (κ2) is 6.97. The smallest absolute Gasteiger partial charge is 0.207 e. The minimum Gasteiger partial charge on any atom is -0.207 e. The van der Waals surface area contributed by atoms with Gasteiger partial charge in [-0.15, -0.1) is 11.8 Å². The second-order valence-corrected chi connectivity index (χ2v) is 8.93. The van der Waals surface area contributed by atoms with Crippen molar-refractivity contribution in [1.29, 1.82) is 0 Å². The van der Waals surface area contributed by atoms with Crippen LogP contribution in [0, 0.1) is 0 Å². The van der Waals surface area contributed by atoms with Crippen LogP contribution in [0.3, 0.4) is 0 Å². The normalized spacial score (nSPS) is 12.0. The molecule has 3 nitrogen and oxygen atoms in total. The van der Waals surface area contributed by atoms with Crippen LogP contribution in [-0.2, 0) is 15.8 Å². The molecule has 3 rings (SSSR count). The number of hydrogen-bond donors (Lipinski definition) is 0. The van der Waals surface area contributed by atoms with Gasteiger partial charge in [-0.1, -0.05) is 42.5 Å². The molecule has 0 N–H and O–H groups in total. The maximum absolute atomic E-state index is 12.2. The van der Waals surface area contributed by atoms with Gasteiger partial charge < -0.3 is 0 Å². The van der Waals surface area contributed by atoms with E-state index in [1.165, 1.54) is 20.0 Å². The Morgan fingerprint density at radius 1 is 0.875 bits per heavy atom. The Kier molecular flexibility index (Phi) is 4.94. The van der Waals surface area contributed by atoms with Gasteiger partial charge in [-0.2, -0.15) is 0 Å². The molecule has 0 saturated carbocycles. The van der Waals surface area contributed by atoms with E-state index in [-0.39, 0.29) is 0 Å². The van der Waals surface area contributed by atoms with E-state index in [1.54, 1.807) is 44.1 Å². The molecule has 0 aliphatic carbocycles. The van der Waals surface area contributed by atoms with Crippen molar-refractivity contribution in [1.82, 2.24) is 4.31 Å². The van der Waals surface area contributed by atoms with Crippen LogP contribution in [0.15, 0.2) is 76.5 Å². The summed E-state index contributed by atoms with van der Waals surface area (Å²) in [7, 11) is -0.292. The average Bonchev–Trinajstić information content (AvgIpc) is 2.60. The second-order valence-electron chi connectivity index (χ2n) is 5.73. The highest BCUT2D eigenvalue weighted by molar-refractivity contribution is 7.98. The van der Waals surface area contributed by atoms with E-state index in [2.05, 4.69) is 30.3 Å². The minimum atomic E-state index is -3.39. The zero-order chi connectivity index (χ0) is 17.2. The molecule has 0 aromatic heterocycles. The quantitative estimate of drug-likeness (QED) is 0.636. The molecule has 5 heteroatoms. The third kappa shape index (κ3) is 3.64. The standard InChI is InChI=1S/C19H19NO2S2/c1-20(2)24(21,22)19-9-5-6-15(12-19)14-23-18-11-10-16-7-3-4-8-17(16)13-18/h3-13H,14H2,1-2H3. The fourth-order valence-electron chi connectivity index (χ4n) is 2.43. The third-order valence-corrected chi connectivity index (χ3v) is 6.68. The number of rotatable bonds is 5. The SMILES string of the molecule is CN(C)S(=O)(=O)c1cccc(CSc2ccc3ccccc3c2)c1. The summed E-state index contributed by atoms with van der Waals surface area (Å²) in [6, 6.07) is 21.8. The molecule has 0 aliphatic rings. The molecule has 0 unspecified atom stereocenters. The van der Waals surface area contributed by atoms with Crippen LogP contribution >= 0.6 is 11.8 Å². The molecule has 0 radical (unpaired) electrons. The third-order valence-electron chi connectivity index (χ3n) is 3.80. The Hall–Kier alpha value is -1.82. The highest BCUT2D eigenvalue weighted by Gasteiger charge is 2.17. The van der Waals surface area contributed by atoms with E-state index < -0.39 is 10.0 Å². The van der Waals surface area contributed by atoms with Crippen molar-refractivity contribution < 1.29 is 8.42 Å². The maximum atomic E-state index is 12.2. The molecule has 0 fully saturated rings. The van der Waals surface area contributed by atoms with Gasteiger partial charge in [0.2, 0.25) is 10.0 Å². The largest absolute Gasteiger partial charge is 0.242 e. The van der Waals surface area contributed by atoms with Crippen LogP contribution in [0.5, 0.6) is 0 Å². The monoisotopic (exact) mass is 357 g/mol. The van der Waals surface area contributed by atoms with E-state index in [0.29, 0.717) is 4.90 Å². The number of thioether (sulfide) groups is 1. The molecule has 0 heterocycles. The molecule has 0 amide bonds. The predicted molar refractivity (Wildman–Crippen MR) is 101 cm³/mol. The Morgan fingerprint density at radius 2 is 1.62 bits per heavy atom. The van der Waals surface area contributed by atoms with Crippen molar-refractivity contribution in [3.63, 3.8) is 0 Å². The van der Waals surface area contributed by atoms with Gasteiger partial charge in [-0.05, 0) is 40.6 Å². The van der Waals surface area contributed by atoms with Crippen LogP contribution in [0.25, 0.3) is 10.8 Å². The molecule has 0 atom stereocenters. The number of sulfonamides is 1. The lowest BCUT2D eigenvalue weighted by Crippen LogP contribution is -2.22. The van der Waals surface area contributed by atoms with Crippen LogP contribution < -0.4 is 0 Å². The van der Waals surface area contributed by atoms with Gasteiger partial charge >= 0.3 is 0 Å². The van der Waals surface area contributed by atoms with E-state index in [0.717, 1.165) is 11.3 Å². The summed E-state index contributed by atoms with van der Waals surface area (Å²) in [5.74, 6) is 0.731. The van der Waals surface area contributed by atoms with Gasteiger partial charge in [0, 0.05) is 24.7 Å². The Morgan fingerprint density at radius 3 is 2.38 bits per heavy atom. The molecule has 3 aromatic rings. The van der Waals surface area contributed by atoms with E-state index in [4.69, 9.17) is 0 Å². The van der Waals surface area contributed by atoms with Crippen molar-refractivity contribution in [2.24, 2.45) is 0 Å². The highest BCUT2D eigenvalue weighted by atomic mass is 32.2. The zero-order valence-electron chi connectivity index (χ0n) is 13.6. The van der Waals surface area contributed by atoms with Crippen molar-refractivity contribution in [3.8, 4) is 0 Å². The summed E-state index contributed by atoms with van der Waals surface area (Å²) in [4.78, 5) is 1.51. The Labute approximate surface area is 147 Å². The topological polar surface area (TPSA) is 37.4 Å². The van der Waals surface area contributed by atoms with Crippen molar-refractivity contribution in [2.45, 2.75) is 15.5 Å². The molecule has 3 aromatic carbocycles. The summed E-state index contributed by atoms with van der Waals surface area (Å²) >= 11 is 1.71. The summed E-state index contributed by atoms with van der Waals surface area (Å²) in [6.07, 6.45) is 0. The first-order valence-electron chi connectivity index (χ1n) is 7.60. The first kappa shape index (κ1) is 17.0. The lowest BCUT2D eigenvalue weighted by Gasteiger charge is -2.12. The molecule has 0 aliphatic heterocycles. The minimum absolute atomic E-state index is 0.337. The molecule has 24 heavy (non-hydrogen) atoms. The van der Waals surface area contributed by atoms with Gasteiger partial charge in [0.15, 0.2) is 0 Å². The Bertz CT molecular complexity index is 966. The molecule has 0 spiro atoms. The van der Waals surface area contributed by atoms with Gasteiger partial charge in [0.05, 0.1) is 4.90 Å². The zero-order valence-corrected chi connectivity index (χ0v) is 15.3. The summed E-state index contributed by atoms with van der Waals surface area (Å²) < 4.78 is 25.7. The Balaban J connectivity index is 1.79. The van der Waals surface area contributed by atoms with Crippen LogP contribution in [0.1, 0.15) is 5.56 Å². The number of nitrogens with zero attached hydrogens (tertiary/aromatic N) is 1. The predicted octanol–water partition coefficient (Wildman–Crippen LogP) is 4.38. The van der Waals surface area contributed by atoms with Crippen LogP contribution in [0.4, 0.5) is 0 Å². The average molecular weight is 358 g/mol. The highest BCUT2D eigenvalue weighted by Crippen LogP contribution is 2.27. The van der Waals surface area contributed by atoms with Gasteiger partial charge in [0.1, 0.15) is 0 Å². The summed E-state index contributed by atoms with van der Waals surface area (Å²) in [5, 5.41) is 2.44. The molecule has 0 saturated heterocycles. The molecular weight excluding hydrogens is 338 g/mol. The van der Waals surface area contributed by atoms with E-state index in [9.17, 15) is 8.42 Å². The summed E-state index contributed by atoms with van der Waals surface area (Å²) in [5.41, 5.74) is 0.996. The number of hydrogen-bond acceptors (Lipinski definition) is 3. The lowest BCUT2D eigenvalue weighted by molar-refractivity contribution is 0.520. The maximum Gasteiger partial charge on any atom is 0.242 e. The van der Waals surface area contributed by atoms with Gasteiger partial charge in [-0.25, -0.2) is 12.7 Å². The van der Waals surface area contributed by atoms with E-state index >= 15 is 0 Å². The fraction of sp³-hybridized carbons (Fsp3) is 0.158. The first-order valence-corrected chi connectivity index (χ1v) is 10.0. The number of benzene rings is 3. The van der Waals surface area contributed by atoms with Crippen molar-refractivity contribution >= 4 is 32.6 Å². The van der Waals surface area contributed by atoms with E-state index in [1.807, 2.05) is 18.2 Å². The van der Waals surface area contributed by atoms with Crippen LogP contribution in [0.2, 0.25) is 0 Å². The first-order chi connectivity index (χ1) is 11.5. The summed E-state index contributed by atoms with van der Waals surface area (Å²) in [6.45, 7) is 0. The number of fused-ring (bicyclic) bond motifs is 1. The molecule has 0 bridgehead atoms. The molecular formula is C19H19NO2S2. The van der Waals surface area contributed by atoms with Crippen LogP contribution in [-0.4, -0.2) is 26.8 Å². The van der Waals surface area contributed by atoms with Crippen molar-refractivity contribution in [2.75, 3.05) is 14.1 Å².